The third-order valence-corrected chi connectivity index (χ3v) is 6.88. The molecule has 5 rings (SSSR count). The third kappa shape index (κ3) is 4.32. The molecular weight excluding hydrogens is 482 g/mol. The molecule has 2 N–H and O–H groups in total. The van der Waals surface area contributed by atoms with Gasteiger partial charge in [0.2, 0.25) is 0 Å². The Bertz CT molecular complexity index is 1490. The smallest absolute Gasteiger partial charge is 0.273 e. The fourth-order valence-corrected chi connectivity index (χ4v) is 5.11. The monoisotopic (exact) mass is 513 g/mol. The number of methoxy groups -OCH3 is 2. The predicted molar refractivity (Wildman–Crippen MR) is 144 cm³/mol. The molecule has 38 heavy (non-hydrogen) atoms. The third-order valence-electron chi connectivity index (χ3n) is 6.88. The van der Waals surface area contributed by atoms with E-state index in [-0.39, 0.29) is 11.7 Å². The molecule has 3 aromatic carbocycles. The van der Waals surface area contributed by atoms with E-state index in [1.807, 2.05) is 80.3 Å². The molecule has 196 valence electrons. The van der Waals surface area contributed by atoms with Crippen molar-refractivity contribution >= 4 is 5.91 Å². The second-order valence-electron chi connectivity index (χ2n) is 9.37. The minimum absolute atomic E-state index is 0.147. The van der Waals surface area contributed by atoms with Crippen LogP contribution in [-0.4, -0.2) is 46.9 Å². The van der Waals surface area contributed by atoms with Crippen molar-refractivity contribution in [3.63, 3.8) is 0 Å². The number of hydrogen-bond donors (Lipinski definition) is 2. The van der Waals surface area contributed by atoms with Crippen molar-refractivity contribution in [3.05, 3.63) is 88.1 Å². The number of amides is 1. The molecule has 0 saturated carbocycles. The zero-order valence-corrected chi connectivity index (χ0v) is 22.2. The molecule has 1 aliphatic rings. The van der Waals surface area contributed by atoms with Gasteiger partial charge < -0.3 is 24.2 Å². The number of ether oxygens (including phenoxy) is 3. The van der Waals surface area contributed by atoms with Crippen LogP contribution in [0.4, 0.5) is 0 Å². The van der Waals surface area contributed by atoms with Crippen LogP contribution in [-0.2, 0) is 6.54 Å². The molecule has 8 heteroatoms. The summed E-state index contributed by atoms with van der Waals surface area (Å²) in [6.45, 7) is 6.61. The number of nitrogens with one attached hydrogen (secondary N) is 1. The Kier molecular flexibility index (Phi) is 6.72. The van der Waals surface area contributed by atoms with E-state index in [2.05, 4.69) is 10.2 Å². The van der Waals surface area contributed by atoms with Gasteiger partial charge in [0.15, 0.2) is 11.5 Å². The lowest BCUT2D eigenvalue weighted by molar-refractivity contribution is 0.0730. The number of phenols is 1. The Balaban J connectivity index is 1.67. The Morgan fingerprint density at radius 2 is 1.76 bits per heavy atom. The van der Waals surface area contributed by atoms with Crippen LogP contribution in [0.3, 0.4) is 0 Å². The zero-order valence-electron chi connectivity index (χ0n) is 22.2. The largest absolute Gasteiger partial charge is 0.507 e. The maximum absolute atomic E-state index is 13.8. The van der Waals surface area contributed by atoms with Crippen LogP contribution < -0.4 is 14.2 Å². The molecule has 1 aliphatic heterocycles. The van der Waals surface area contributed by atoms with E-state index in [1.165, 1.54) is 0 Å². The lowest BCUT2D eigenvalue weighted by Gasteiger charge is -2.27. The molecule has 0 aliphatic carbocycles. The number of fused-ring (bicyclic) bond motifs is 1. The minimum Gasteiger partial charge on any atom is -0.507 e. The van der Waals surface area contributed by atoms with Crippen molar-refractivity contribution in [1.29, 1.82) is 0 Å². The summed E-state index contributed by atoms with van der Waals surface area (Å²) < 4.78 is 16.7. The zero-order chi connectivity index (χ0) is 27.0. The van der Waals surface area contributed by atoms with Gasteiger partial charge in [-0.2, -0.15) is 5.10 Å². The topological polar surface area (TPSA) is 96.9 Å². The van der Waals surface area contributed by atoms with Gasteiger partial charge in [-0.15, -0.1) is 0 Å². The SMILES string of the molecule is CCOc1ccc(C2c3c(-c4cc(C)cc(C)c4O)n[nH]c3C(=O)N2Cc2ccc(OC)cc2)cc1OC. The van der Waals surface area contributed by atoms with Gasteiger partial charge in [-0.3, -0.25) is 9.89 Å². The number of carbonyl (C=O) groups excluding carboxylic acids is 1. The van der Waals surface area contributed by atoms with Crippen LogP contribution in [0.25, 0.3) is 11.3 Å². The highest BCUT2D eigenvalue weighted by atomic mass is 16.5. The number of benzene rings is 3. The van der Waals surface area contributed by atoms with Crippen molar-refractivity contribution in [2.24, 2.45) is 0 Å². The highest BCUT2D eigenvalue weighted by molar-refractivity contribution is 6.00. The van der Waals surface area contributed by atoms with E-state index in [9.17, 15) is 9.90 Å². The summed E-state index contributed by atoms with van der Waals surface area (Å²) in [5.41, 5.74) is 5.80. The molecule has 4 aromatic rings. The second-order valence-corrected chi connectivity index (χ2v) is 9.37. The number of carbonyl (C=O) groups is 1. The number of aromatic amines is 1. The predicted octanol–water partition coefficient (Wildman–Crippen LogP) is 5.56. The first-order valence-electron chi connectivity index (χ1n) is 12.5. The number of aromatic nitrogens is 2. The molecule has 0 spiro atoms. The first kappa shape index (κ1) is 25.2. The van der Waals surface area contributed by atoms with Gasteiger partial charge in [-0.05, 0) is 73.4 Å². The van der Waals surface area contributed by atoms with Gasteiger partial charge in [0.05, 0.1) is 26.9 Å². The van der Waals surface area contributed by atoms with Crippen LogP contribution in [0.15, 0.2) is 54.6 Å². The van der Waals surface area contributed by atoms with E-state index in [0.717, 1.165) is 33.6 Å². The Morgan fingerprint density at radius 1 is 1.00 bits per heavy atom. The normalized spacial score (nSPS) is 14.5. The fraction of sp³-hybridized carbons (Fsp3) is 0.267. The first-order chi connectivity index (χ1) is 18.4. The van der Waals surface area contributed by atoms with Gasteiger partial charge in [0, 0.05) is 17.7 Å². The molecule has 0 bridgehead atoms. The highest BCUT2D eigenvalue weighted by Crippen LogP contribution is 2.47. The van der Waals surface area contributed by atoms with Crippen LogP contribution >= 0.6 is 0 Å². The van der Waals surface area contributed by atoms with Crippen LogP contribution in [0.2, 0.25) is 0 Å². The molecule has 1 atom stereocenters. The number of aromatic hydroxyl groups is 1. The number of hydrogen-bond acceptors (Lipinski definition) is 6. The van der Waals surface area contributed by atoms with E-state index in [0.29, 0.717) is 41.6 Å². The van der Waals surface area contributed by atoms with Crippen LogP contribution in [0.1, 0.15) is 51.3 Å². The molecule has 0 saturated heterocycles. The number of nitrogens with zero attached hydrogens (tertiary/aromatic N) is 2. The Hall–Kier alpha value is -4.46. The van der Waals surface area contributed by atoms with Crippen molar-refractivity contribution in [2.75, 3.05) is 20.8 Å². The van der Waals surface area contributed by atoms with E-state index < -0.39 is 6.04 Å². The summed E-state index contributed by atoms with van der Waals surface area (Å²) in [7, 11) is 3.22. The van der Waals surface area contributed by atoms with Gasteiger partial charge in [0.1, 0.15) is 22.9 Å². The van der Waals surface area contributed by atoms with E-state index in [4.69, 9.17) is 14.2 Å². The second kappa shape index (κ2) is 10.1. The number of phenolic OH excluding ortho intramolecular Hbond substituents is 1. The van der Waals surface area contributed by atoms with E-state index in [1.54, 1.807) is 14.2 Å². The summed E-state index contributed by atoms with van der Waals surface area (Å²) in [5, 5.41) is 18.5. The summed E-state index contributed by atoms with van der Waals surface area (Å²) in [4.78, 5) is 15.6. The molecule has 8 nitrogen and oxygen atoms in total. The fourth-order valence-electron chi connectivity index (χ4n) is 5.11. The summed E-state index contributed by atoms with van der Waals surface area (Å²) in [5.74, 6) is 1.93. The molecule has 1 aromatic heterocycles. The molecule has 0 fully saturated rings. The number of rotatable bonds is 8. The highest BCUT2D eigenvalue weighted by Gasteiger charge is 2.43. The van der Waals surface area contributed by atoms with Gasteiger partial charge in [0.25, 0.3) is 5.91 Å². The Labute approximate surface area is 221 Å². The quantitative estimate of drug-likeness (QED) is 0.320. The van der Waals surface area contributed by atoms with Crippen molar-refractivity contribution < 1.29 is 24.1 Å². The molecule has 1 amide bonds. The van der Waals surface area contributed by atoms with Crippen molar-refractivity contribution in [1.82, 2.24) is 15.1 Å². The van der Waals surface area contributed by atoms with Gasteiger partial charge in [-0.1, -0.05) is 24.3 Å². The van der Waals surface area contributed by atoms with Crippen LogP contribution in [0.5, 0.6) is 23.0 Å². The average molecular weight is 514 g/mol. The first-order valence-corrected chi connectivity index (χ1v) is 12.5. The average Bonchev–Trinajstić information content (AvgIpc) is 3.46. The maximum atomic E-state index is 13.8. The lowest BCUT2D eigenvalue weighted by Crippen LogP contribution is -2.29. The van der Waals surface area contributed by atoms with E-state index >= 15 is 0 Å². The number of aryl methyl sites for hydroxylation is 2. The lowest BCUT2D eigenvalue weighted by atomic mass is 9.93. The molecule has 0 radical (unpaired) electrons. The van der Waals surface area contributed by atoms with Crippen molar-refractivity contribution in [2.45, 2.75) is 33.4 Å². The molecular formula is C30H31N3O5. The maximum Gasteiger partial charge on any atom is 0.273 e. The number of H-pyrrole nitrogens is 1. The standard InChI is InChI=1S/C30H31N3O5/c1-6-38-23-12-9-20(15-24(23)37-5)28-25-26(22-14-17(2)13-18(3)29(22)34)31-32-27(25)30(35)33(28)16-19-7-10-21(36-4)11-8-19/h7-15,28,34H,6,16H2,1-5H3,(H,31,32). The summed E-state index contributed by atoms with van der Waals surface area (Å²) >= 11 is 0. The molecule has 2 heterocycles. The summed E-state index contributed by atoms with van der Waals surface area (Å²) in [6, 6.07) is 16.7. The van der Waals surface area contributed by atoms with Crippen LogP contribution in [0, 0.1) is 13.8 Å². The molecule has 1 unspecified atom stereocenters. The minimum atomic E-state index is -0.474. The summed E-state index contributed by atoms with van der Waals surface area (Å²) in [6.07, 6.45) is 0. The Morgan fingerprint density at radius 3 is 2.45 bits per heavy atom. The van der Waals surface area contributed by atoms with Gasteiger partial charge >= 0.3 is 0 Å². The van der Waals surface area contributed by atoms with Gasteiger partial charge in [-0.25, -0.2) is 0 Å². The van der Waals surface area contributed by atoms with Crippen molar-refractivity contribution in [3.8, 4) is 34.3 Å².